The smallest absolute Gasteiger partial charge is 0.750 e. The van der Waals surface area contributed by atoms with Gasteiger partial charge in [-0.05, 0) is 18.4 Å². The van der Waals surface area contributed by atoms with E-state index in [0.717, 1.165) is 0 Å². The van der Waals surface area contributed by atoms with E-state index < -0.39 is 11.4 Å². The summed E-state index contributed by atoms with van der Waals surface area (Å²) in [5.41, 5.74) is 1.50. The van der Waals surface area contributed by atoms with Gasteiger partial charge in [-0.25, -0.2) is 4.21 Å². The molecular formula is C18H31NaO3S. The topological polar surface area (TPSA) is 60.4 Å². The molecule has 0 aliphatic heterocycles. The number of unbranched alkanes of at least 4 members (excludes halogenated alkanes) is 9. The van der Waals surface area contributed by atoms with Gasteiger partial charge in [0.25, 0.3) is 0 Å². The van der Waals surface area contributed by atoms with Gasteiger partial charge in [0.15, 0.2) is 0 Å². The first-order chi connectivity index (χ1) is 10.7. The molecule has 0 aliphatic carbocycles. The Kier molecular flexibility index (Phi) is 22.6. The molecule has 0 spiro atoms. The maximum absolute atomic E-state index is 8.56. The van der Waals surface area contributed by atoms with E-state index in [-0.39, 0.29) is 29.6 Å². The van der Waals surface area contributed by atoms with Crippen LogP contribution in [-0.2, 0) is 17.8 Å². The number of benzene rings is 1. The summed E-state index contributed by atoms with van der Waals surface area (Å²) in [5.74, 6) is 0. The van der Waals surface area contributed by atoms with E-state index in [1.807, 2.05) is 0 Å². The van der Waals surface area contributed by atoms with Crippen LogP contribution < -0.4 is 29.6 Å². The molecule has 1 aromatic rings. The van der Waals surface area contributed by atoms with Gasteiger partial charge in [-0.15, -0.1) is 0 Å². The minimum Gasteiger partial charge on any atom is -0.750 e. The third-order valence-electron chi connectivity index (χ3n) is 3.66. The first-order valence-electron chi connectivity index (χ1n) is 8.49. The Bertz CT molecular complexity index is 357. The Hall–Kier alpha value is 0.290. The van der Waals surface area contributed by atoms with E-state index in [9.17, 15) is 0 Å². The summed E-state index contributed by atoms with van der Waals surface area (Å²) in [7, 11) is 0. The largest absolute Gasteiger partial charge is 1.00 e. The Labute approximate surface area is 167 Å². The van der Waals surface area contributed by atoms with Crippen LogP contribution in [0.1, 0.15) is 76.7 Å². The zero-order valence-electron chi connectivity index (χ0n) is 14.8. The van der Waals surface area contributed by atoms with E-state index in [1.54, 1.807) is 0 Å². The van der Waals surface area contributed by atoms with Crippen LogP contribution in [0.2, 0.25) is 0 Å². The molecule has 0 aliphatic rings. The van der Waals surface area contributed by atoms with Crippen LogP contribution in [0.3, 0.4) is 0 Å². The molecule has 0 saturated carbocycles. The summed E-state index contributed by atoms with van der Waals surface area (Å²) in [6.45, 7) is 2.28. The third kappa shape index (κ3) is 22.3. The Morgan fingerprint density at radius 3 is 1.70 bits per heavy atom. The van der Waals surface area contributed by atoms with E-state index in [0.29, 0.717) is 0 Å². The van der Waals surface area contributed by atoms with Gasteiger partial charge in [0.1, 0.15) is 0 Å². The Morgan fingerprint density at radius 1 is 0.870 bits per heavy atom. The van der Waals surface area contributed by atoms with Gasteiger partial charge < -0.3 is 9.11 Å². The summed E-state index contributed by atoms with van der Waals surface area (Å²) >= 11 is -2.86. The zero-order valence-corrected chi connectivity index (χ0v) is 17.7. The molecule has 23 heavy (non-hydrogen) atoms. The molecule has 0 heterocycles. The molecular weight excluding hydrogens is 319 g/mol. The van der Waals surface area contributed by atoms with E-state index in [1.165, 1.54) is 76.2 Å². The first kappa shape index (κ1) is 25.5. The third-order valence-corrected chi connectivity index (χ3v) is 3.66. The molecule has 0 fully saturated rings. The molecule has 5 heteroatoms. The summed E-state index contributed by atoms with van der Waals surface area (Å²) < 4.78 is 24.1. The van der Waals surface area contributed by atoms with E-state index in [4.69, 9.17) is 13.3 Å². The summed E-state index contributed by atoms with van der Waals surface area (Å²) in [6.07, 6.45) is 15.5. The number of hydrogen-bond donors (Lipinski definition) is 1. The van der Waals surface area contributed by atoms with Crippen molar-refractivity contribution in [1.82, 2.24) is 0 Å². The SMILES string of the molecule is CCCCCCCCCCCCc1ccccc1.O=S([O-])O.[Na+]. The molecule has 3 nitrogen and oxygen atoms in total. The van der Waals surface area contributed by atoms with Crippen LogP contribution in [0, 0.1) is 0 Å². The number of rotatable bonds is 11. The van der Waals surface area contributed by atoms with Crippen LogP contribution in [0.25, 0.3) is 0 Å². The Morgan fingerprint density at radius 2 is 1.26 bits per heavy atom. The zero-order chi connectivity index (χ0) is 16.5. The van der Waals surface area contributed by atoms with Crippen molar-refractivity contribution in [2.75, 3.05) is 0 Å². The van der Waals surface area contributed by atoms with E-state index in [2.05, 4.69) is 37.3 Å². The van der Waals surface area contributed by atoms with Crippen LogP contribution in [0.4, 0.5) is 0 Å². The molecule has 0 saturated heterocycles. The minimum absolute atomic E-state index is 0. The van der Waals surface area contributed by atoms with Crippen molar-refractivity contribution >= 4 is 11.4 Å². The summed E-state index contributed by atoms with van der Waals surface area (Å²) in [6, 6.07) is 10.9. The average molecular weight is 351 g/mol. The standard InChI is InChI=1S/C18H30.Na.H2O3S/c1-2-3-4-5-6-7-8-9-10-12-15-18-16-13-11-14-17-18;;1-4(2)3/h11,13-14,16-17H,2-10,12,15H2,1H3;;(H2,1,2,3)/q;+1;/p-1. The molecule has 1 atom stereocenters. The van der Waals surface area contributed by atoms with Crippen LogP contribution in [-0.4, -0.2) is 13.3 Å². The maximum Gasteiger partial charge on any atom is 1.00 e. The van der Waals surface area contributed by atoms with Gasteiger partial charge in [0.2, 0.25) is 0 Å². The van der Waals surface area contributed by atoms with Crippen LogP contribution in [0.15, 0.2) is 30.3 Å². The predicted molar refractivity (Wildman–Crippen MR) is 93.5 cm³/mol. The van der Waals surface area contributed by atoms with Gasteiger partial charge in [-0.3, -0.25) is 0 Å². The first-order valence-corrected chi connectivity index (χ1v) is 9.52. The van der Waals surface area contributed by atoms with Gasteiger partial charge in [0, 0.05) is 0 Å². The molecule has 1 aromatic carbocycles. The maximum atomic E-state index is 8.56. The predicted octanol–water partition coefficient (Wildman–Crippen LogP) is 2.49. The normalized spacial score (nSPS) is 11.1. The molecule has 0 aromatic heterocycles. The average Bonchev–Trinajstić information content (AvgIpc) is 2.50. The van der Waals surface area contributed by atoms with Crippen molar-refractivity contribution < 1.29 is 42.9 Å². The fourth-order valence-corrected chi connectivity index (χ4v) is 2.46. The quantitative estimate of drug-likeness (QED) is 0.379. The summed E-state index contributed by atoms with van der Waals surface area (Å²) in [5, 5.41) is 0. The van der Waals surface area contributed by atoms with Crippen molar-refractivity contribution in [1.29, 1.82) is 0 Å². The van der Waals surface area contributed by atoms with Gasteiger partial charge in [-0.1, -0.05) is 95.0 Å². The second-order valence-corrected chi connectivity index (χ2v) is 6.07. The van der Waals surface area contributed by atoms with Crippen molar-refractivity contribution in [3.05, 3.63) is 35.9 Å². The molecule has 1 rings (SSSR count). The van der Waals surface area contributed by atoms with Crippen LogP contribution >= 0.6 is 0 Å². The van der Waals surface area contributed by atoms with Crippen molar-refractivity contribution in [3.8, 4) is 0 Å². The summed E-state index contributed by atoms with van der Waals surface area (Å²) in [4.78, 5) is 0. The van der Waals surface area contributed by atoms with Gasteiger partial charge in [-0.2, -0.15) is 0 Å². The monoisotopic (exact) mass is 350 g/mol. The fourth-order valence-electron chi connectivity index (χ4n) is 2.46. The minimum atomic E-state index is -2.86. The fraction of sp³-hybridized carbons (Fsp3) is 0.667. The van der Waals surface area contributed by atoms with Crippen LogP contribution in [0.5, 0.6) is 0 Å². The van der Waals surface area contributed by atoms with Crippen molar-refractivity contribution in [2.24, 2.45) is 0 Å². The molecule has 0 radical (unpaired) electrons. The molecule has 1 unspecified atom stereocenters. The Balaban J connectivity index is 0. The van der Waals surface area contributed by atoms with Crippen molar-refractivity contribution in [2.45, 2.75) is 77.6 Å². The van der Waals surface area contributed by atoms with Gasteiger partial charge in [0.05, 0.1) is 11.4 Å². The molecule has 1 N–H and O–H groups in total. The number of hydrogen-bond acceptors (Lipinski definition) is 2. The van der Waals surface area contributed by atoms with Crippen molar-refractivity contribution in [3.63, 3.8) is 0 Å². The molecule has 0 bridgehead atoms. The second-order valence-electron chi connectivity index (χ2n) is 5.63. The molecule has 128 valence electrons. The van der Waals surface area contributed by atoms with E-state index >= 15 is 0 Å². The molecule has 0 amide bonds. The number of aryl methyl sites for hydroxylation is 1. The second kappa shape index (κ2) is 20.3. The van der Waals surface area contributed by atoms with Gasteiger partial charge >= 0.3 is 29.6 Å².